The average Bonchev–Trinajstić information content (AvgIpc) is 2.01. The van der Waals surface area contributed by atoms with E-state index in [1.807, 2.05) is 13.8 Å². The van der Waals surface area contributed by atoms with Gasteiger partial charge in [-0.25, -0.2) is 0 Å². The molecular weight excluding hydrogens is 176 g/mol. The molecule has 0 aliphatic carbocycles. The number of ether oxygens (including phenoxy) is 1. The summed E-state index contributed by atoms with van der Waals surface area (Å²) >= 11 is 0. The highest BCUT2D eigenvalue weighted by Crippen LogP contribution is 2.24. The van der Waals surface area contributed by atoms with Crippen LogP contribution in [0.3, 0.4) is 0 Å². The van der Waals surface area contributed by atoms with Crippen molar-refractivity contribution in [2.45, 2.75) is 33.3 Å². The van der Waals surface area contributed by atoms with Crippen molar-refractivity contribution in [1.29, 1.82) is 0 Å². The summed E-state index contributed by atoms with van der Waals surface area (Å²) in [5, 5.41) is 9.28. The molecule has 0 spiro atoms. The van der Waals surface area contributed by atoms with E-state index in [1.54, 1.807) is 14.0 Å². The van der Waals surface area contributed by atoms with Crippen molar-refractivity contribution in [2.24, 2.45) is 0 Å². The van der Waals surface area contributed by atoms with E-state index in [9.17, 15) is 5.11 Å². The van der Waals surface area contributed by atoms with Gasteiger partial charge in [0.1, 0.15) is 5.75 Å². The summed E-state index contributed by atoms with van der Waals surface area (Å²) in [6.07, 6.45) is 0.410. The van der Waals surface area contributed by atoms with Crippen LogP contribution in [0.4, 0.5) is 0 Å². The minimum absolute atomic E-state index is 0.290. The normalized spacial score (nSPS) is 12.6. The molecule has 2 nitrogen and oxygen atoms in total. The number of aliphatic hydroxyl groups is 1. The Balaban J connectivity index is 3.01. The van der Waals surface area contributed by atoms with E-state index in [4.69, 9.17) is 4.74 Å². The number of rotatable bonds is 3. The van der Waals surface area contributed by atoms with Gasteiger partial charge < -0.3 is 9.84 Å². The zero-order valence-electron chi connectivity index (χ0n) is 9.29. The molecule has 0 saturated heterocycles. The molecule has 1 aromatic carbocycles. The van der Waals surface area contributed by atoms with Crippen LogP contribution in [0.15, 0.2) is 12.1 Å². The van der Waals surface area contributed by atoms with E-state index in [2.05, 4.69) is 12.1 Å². The van der Waals surface area contributed by atoms with Crippen molar-refractivity contribution < 1.29 is 9.84 Å². The van der Waals surface area contributed by atoms with Crippen LogP contribution in [-0.4, -0.2) is 18.3 Å². The second-order valence-corrected chi connectivity index (χ2v) is 3.82. The highest BCUT2D eigenvalue weighted by Gasteiger charge is 2.06. The Kier molecular flexibility index (Phi) is 3.53. The summed E-state index contributed by atoms with van der Waals surface area (Å²) < 4.78 is 5.27. The highest BCUT2D eigenvalue weighted by atomic mass is 16.5. The number of aryl methyl sites for hydroxylation is 2. The van der Waals surface area contributed by atoms with Crippen molar-refractivity contribution in [2.75, 3.05) is 7.11 Å². The van der Waals surface area contributed by atoms with E-state index in [0.717, 1.165) is 22.4 Å². The maximum atomic E-state index is 9.28. The molecule has 1 N–H and O–H groups in total. The maximum Gasteiger partial charge on any atom is 0.124 e. The first-order valence-corrected chi connectivity index (χ1v) is 4.86. The Morgan fingerprint density at radius 1 is 1.29 bits per heavy atom. The van der Waals surface area contributed by atoms with Crippen LogP contribution in [0.25, 0.3) is 0 Å². The first-order chi connectivity index (χ1) is 6.54. The Bertz CT molecular complexity index is 293. The standard InChI is InChI=1S/C12H18O2/c1-8-5-11(7-10(3)13)6-9(2)12(8)14-4/h5-6,10,13H,7H2,1-4H3/t10-/m1/s1. The first kappa shape index (κ1) is 11.1. The Morgan fingerprint density at radius 2 is 1.79 bits per heavy atom. The van der Waals surface area contributed by atoms with Gasteiger partial charge in [-0.05, 0) is 43.9 Å². The van der Waals surface area contributed by atoms with Gasteiger partial charge in [-0.1, -0.05) is 12.1 Å². The number of aliphatic hydroxyl groups excluding tert-OH is 1. The third-order valence-electron chi connectivity index (χ3n) is 2.26. The van der Waals surface area contributed by atoms with Crippen LogP contribution < -0.4 is 4.74 Å². The van der Waals surface area contributed by atoms with Gasteiger partial charge in [0.05, 0.1) is 13.2 Å². The zero-order chi connectivity index (χ0) is 10.7. The van der Waals surface area contributed by atoms with Crippen LogP contribution in [0, 0.1) is 13.8 Å². The quantitative estimate of drug-likeness (QED) is 0.799. The molecule has 0 aliphatic heterocycles. The van der Waals surface area contributed by atoms with E-state index < -0.39 is 0 Å². The number of hydrogen-bond donors (Lipinski definition) is 1. The van der Waals surface area contributed by atoms with Crippen LogP contribution in [0.5, 0.6) is 5.75 Å². The topological polar surface area (TPSA) is 29.5 Å². The van der Waals surface area contributed by atoms with Crippen LogP contribution in [0.2, 0.25) is 0 Å². The molecular formula is C12H18O2. The summed E-state index contributed by atoms with van der Waals surface area (Å²) in [5.74, 6) is 0.944. The predicted molar refractivity (Wildman–Crippen MR) is 57.9 cm³/mol. The lowest BCUT2D eigenvalue weighted by molar-refractivity contribution is 0.195. The first-order valence-electron chi connectivity index (χ1n) is 4.86. The SMILES string of the molecule is COc1c(C)cc(C[C@@H](C)O)cc1C. The number of benzene rings is 1. The van der Waals surface area contributed by atoms with Crippen LogP contribution in [-0.2, 0) is 6.42 Å². The molecule has 0 unspecified atom stereocenters. The zero-order valence-corrected chi connectivity index (χ0v) is 9.29. The summed E-state index contributed by atoms with van der Waals surface area (Å²) in [7, 11) is 1.68. The fourth-order valence-electron chi connectivity index (χ4n) is 1.82. The van der Waals surface area contributed by atoms with E-state index in [0.29, 0.717) is 6.42 Å². The van der Waals surface area contributed by atoms with Crippen LogP contribution >= 0.6 is 0 Å². The van der Waals surface area contributed by atoms with Gasteiger partial charge in [0.25, 0.3) is 0 Å². The Hall–Kier alpha value is -1.02. The van der Waals surface area contributed by atoms with E-state index >= 15 is 0 Å². The minimum Gasteiger partial charge on any atom is -0.496 e. The van der Waals surface area contributed by atoms with Crippen molar-refractivity contribution >= 4 is 0 Å². The number of hydrogen-bond acceptors (Lipinski definition) is 2. The molecule has 0 amide bonds. The summed E-state index contributed by atoms with van der Waals surface area (Å²) in [6, 6.07) is 4.14. The Morgan fingerprint density at radius 3 is 2.14 bits per heavy atom. The molecule has 0 aromatic heterocycles. The van der Waals surface area contributed by atoms with Gasteiger partial charge in [0.2, 0.25) is 0 Å². The fraction of sp³-hybridized carbons (Fsp3) is 0.500. The summed E-state index contributed by atoms with van der Waals surface area (Å²) in [4.78, 5) is 0. The van der Waals surface area contributed by atoms with Gasteiger partial charge in [-0.2, -0.15) is 0 Å². The smallest absolute Gasteiger partial charge is 0.124 e. The fourth-order valence-corrected chi connectivity index (χ4v) is 1.82. The van der Waals surface area contributed by atoms with Gasteiger partial charge in [-0.3, -0.25) is 0 Å². The van der Waals surface area contributed by atoms with Gasteiger partial charge in [0.15, 0.2) is 0 Å². The summed E-state index contributed by atoms with van der Waals surface area (Å²) in [5.41, 5.74) is 3.42. The molecule has 1 rings (SSSR count). The van der Waals surface area contributed by atoms with Crippen molar-refractivity contribution in [3.63, 3.8) is 0 Å². The number of methoxy groups -OCH3 is 1. The monoisotopic (exact) mass is 194 g/mol. The predicted octanol–water partition coefficient (Wildman–Crippen LogP) is 2.24. The molecule has 14 heavy (non-hydrogen) atoms. The largest absolute Gasteiger partial charge is 0.496 e. The van der Waals surface area contributed by atoms with Gasteiger partial charge in [0, 0.05) is 0 Å². The molecule has 0 aliphatic rings. The van der Waals surface area contributed by atoms with Crippen LogP contribution in [0.1, 0.15) is 23.6 Å². The highest BCUT2D eigenvalue weighted by molar-refractivity contribution is 5.43. The van der Waals surface area contributed by atoms with E-state index in [1.165, 1.54) is 0 Å². The molecule has 2 heteroatoms. The second kappa shape index (κ2) is 4.47. The molecule has 78 valence electrons. The van der Waals surface area contributed by atoms with Gasteiger partial charge >= 0.3 is 0 Å². The van der Waals surface area contributed by atoms with Crippen molar-refractivity contribution in [3.8, 4) is 5.75 Å². The molecule has 1 atom stereocenters. The second-order valence-electron chi connectivity index (χ2n) is 3.82. The molecule has 1 aromatic rings. The van der Waals surface area contributed by atoms with Crippen molar-refractivity contribution in [3.05, 3.63) is 28.8 Å². The molecule has 0 saturated carbocycles. The maximum absolute atomic E-state index is 9.28. The summed E-state index contributed by atoms with van der Waals surface area (Å²) in [6.45, 7) is 5.85. The molecule has 0 bridgehead atoms. The lowest BCUT2D eigenvalue weighted by Crippen LogP contribution is -2.05. The minimum atomic E-state index is -0.290. The molecule has 0 heterocycles. The average molecular weight is 194 g/mol. The van der Waals surface area contributed by atoms with E-state index in [-0.39, 0.29) is 6.10 Å². The molecule has 0 fully saturated rings. The third-order valence-corrected chi connectivity index (χ3v) is 2.26. The third kappa shape index (κ3) is 2.48. The van der Waals surface area contributed by atoms with Crippen molar-refractivity contribution in [1.82, 2.24) is 0 Å². The lowest BCUT2D eigenvalue weighted by Gasteiger charge is -2.12. The Labute approximate surface area is 85.5 Å². The van der Waals surface area contributed by atoms with Gasteiger partial charge in [-0.15, -0.1) is 0 Å². The lowest BCUT2D eigenvalue weighted by atomic mass is 10.0. The molecule has 0 radical (unpaired) electrons.